The Morgan fingerprint density at radius 1 is 0.850 bits per heavy atom. The van der Waals surface area contributed by atoms with Crippen LogP contribution in [0.5, 0.6) is 23.0 Å². The molecule has 6 rings (SSSR count). The number of rotatable bonds is 8. The zero-order valence-corrected chi connectivity index (χ0v) is 22.6. The van der Waals surface area contributed by atoms with Gasteiger partial charge in [0, 0.05) is 17.7 Å². The molecule has 9 heteroatoms. The van der Waals surface area contributed by atoms with E-state index in [2.05, 4.69) is 15.4 Å². The number of anilines is 1. The van der Waals surface area contributed by atoms with Crippen molar-refractivity contribution in [3.05, 3.63) is 101 Å². The lowest BCUT2D eigenvalue weighted by atomic mass is 9.78. The zero-order valence-electron chi connectivity index (χ0n) is 22.6. The molecule has 0 amide bonds. The number of Topliss-reactive ketones (excluding diaryl/α,β-unsaturated/α-hetero) is 1. The third kappa shape index (κ3) is 4.64. The summed E-state index contributed by atoms with van der Waals surface area (Å²) in [7, 11) is 4.84. The summed E-state index contributed by atoms with van der Waals surface area (Å²) in [5.74, 6) is 3.14. The van der Waals surface area contributed by atoms with Gasteiger partial charge >= 0.3 is 0 Å². The van der Waals surface area contributed by atoms with E-state index < -0.39 is 6.04 Å². The SMILES string of the molecule is COc1ccc(C2CC(=O)C3=C(C2)Nc2ncnn2C3c2ccc(OC)c(OCc3ccccc3)c2)cc1OC. The van der Waals surface area contributed by atoms with Crippen molar-refractivity contribution in [3.8, 4) is 23.0 Å². The second kappa shape index (κ2) is 10.8. The molecule has 0 saturated carbocycles. The Kier molecular flexibility index (Phi) is 6.86. The van der Waals surface area contributed by atoms with E-state index in [9.17, 15) is 4.79 Å². The van der Waals surface area contributed by atoms with Crippen LogP contribution < -0.4 is 24.3 Å². The molecule has 3 aromatic carbocycles. The van der Waals surface area contributed by atoms with Crippen LogP contribution in [0.2, 0.25) is 0 Å². The highest BCUT2D eigenvalue weighted by atomic mass is 16.5. The van der Waals surface area contributed by atoms with Gasteiger partial charge in [0.15, 0.2) is 28.8 Å². The maximum absolute atomic E-state index is 13.9. The molecule has 204 valence electrons. The van der Waals surface area contributed by atoms with E-state index in [1.807, 2.05) is 66.7 Å². The summed E-state index contributed by atoms with van der Waals surface area (Å²) in [6.07, 6.45) is 2.51. The Morgan fingerprint density at radius 2 is 1.55 bits per heavy atom. The van der Waals surface area contributed by atoms with Crippen LogP contribution in [-0.4, -0.2) is 41.9 Å². The molecule has 1 N–H and O–H groups in total. The minimum absolute atomic E-state index is 0.0192. The predicted molar refractivity (Wildman–Crippen MR) is 149 cm³/mol. The third-order valence-electron chi connectivity index (χ3n) is 7.48. The van der Waals surface area contributed by atoms with E-state index in [0.717, 1.165) is 22.4 Å². The summed E-state index contributed by atoms with van der Waals surface area (Å²) < 4.78 is 24.4. The van der Waals surface area contributed by atoms with Crippen LogP contribution in [0, 0.1) is 0 Å². The molecule has 0 bridgehead atoms. The Morgan fingerprint density at radius 3 is 2.30 bits per heavy atom. The molecular formula is C31H30N4O5. The highest BCUT2D eigenvalue weighted by Gasteiger charge is 2.39. The van der Waals surface area contributed by atoms with Gasteiger partial charge in [0.2, 0.25) is 5.95 Å². The van der Waals surface area contributed by atoms with Crippen LogP contribution in [-0.2, 0) is 11.4 Å². The van der Waals surface area contributed by atoms with Crippen LogP contribution in [0.3, 0.4) is 0 Å². The summed E-state index contributed by atoms with van der Waals surface area (Å²) in [6, 6.07) is 21.1. The topological polar surface area (TPSA) is 96.7 Å². The zero-order chi connectivity index (χ0) is 27.6. The fourth-order valence-corrected chi connectivity index (χ4v) is 5.51. The minimum Gasteiger partial charge on any atom is -0.493 e. The Labute approximate surface area is 232 Å². The molecule has 2 atom stereocenters. The van der Waals surface area contributed by atoms with Crippen molar-refractivity contribution >= 4 is 11.7 Å². The normalized spacial score (nSPS) is 17.9. The summed E-state index contributed by atoms with van der Waals surface area (Å²) in [5, 5.41) is 7.86. The van der Waals surface area contributed by atoms with Gasteiger partial charge in [0.25, 0.3) is 0 Å². The number of ether oxygens (including phenoxy) is 4. The molecule has 0 spiro atoms. The smallest absolute Gasteiger partial charge is 0.226 e. The lowest BCUT2D eigenvalue weighted by Gasteiger charge is -2.35. The maximum atomic E-state index is 13.9. The Hall–Kier alpha value is -4.79. The first-order chi connectivity index (χ1) is 19.6. The summed E-state index contributed by atoms with van der Waals surface area (Å²) in [4.78, 5) is 18.3. The average molecular weight is 539 g/mol. The molecule has 40 heavy (non-hydrogen) atoms. The number of methoxy groups -OCH3 is 3. The average Bonchev–Trinajstić information content (AvgIpc) is 3.47. The van der Waals surface area contributed by atoms with Crippen molar-refractivity contribution in [2.45, 2.75) is 31.4 Å². The number of ketones is 1. The predicted octanol–water partition coefficient (Wildman–Crippen LogP) is 5.30. The summed E-state index contributed by atoms with van der Waals surface area (Å²) in [6.45, 7) is 0.390. The van der Waals surface area contributed by atoms with Crippen LogP contribution in [0.15, 0.2) is 84.3 Å². The van der Waals surface area contributed by atoms with E-state index >= 15 is 0 Å². The first kappa shape index (κ1) is 25.5. The van der Waals surface area contributed by atoms with E-state index in [4.69, 9.17) is 18.9 Å². The second-order valence-corrected chi connectivity index (χ2v) is 9.78. The summed E-state index contributed by atoms with van der Waals surface area (Å²) in [5.41, 5.74) is 4.47. The van der Waals surface area contributed by atoms with Crippen LogP contribution >= 0.6 is 0 Å². The van der Waals surface area contributed by atoms with Crippen LogP contribution in [0.4, 0.5) is 5.95 Å². The van der Waals surface area contributed by atoms with Crippen molar-refractivity contribution in [2.24, 2.45) is 0 Å². The number of aromatic nitrogens is 3. The third-order valence-corrected chi connectivity index (χ3v) is 7.48. The number of nitrogens with one attached hydrogen (secondary N) is 1. The molecular weight excluding hydrogens is 508 g/mol. The van der Waals surface area contributed by atoms with Crippen molar-refractivity contribution in [2.75, 3.05) is 26.6 Å². The van der Waals surface area contributed by atoms with Gasteiger partial charge in [-0.25, -0.2) is 4.68 Å². The number of carbonyl (C=O) groups excluding carboxylic acids is 1. The van der Waals surface area contributed by atoms with E-state index in [0.29, 0.717) is 54.0 Å². The van der Waals surface area contributed by atoms with Gasteiger partial charge in [-0.15, -0.1) is 0 Å². The van der Waals surface area contributed by atoms with E-state index in [1.54, 1.807) is 26.0 Å². The largest absolute Gasteiger partial charge is 0.493 e. The van der Waals surface area contributed by atoms with Gasteiger partial charge in [-0.1, -0.05) is 42.5 Å². The maximum Gasteiger partial charge on any atom is 0.226 e. The van der Waals surface area contributed by atoms with Gasteiger partial charge in [-0.3, -0.25) is 4.79 Å². The number of benzene rings is 3. The van der Waals surface area contributed by atoms with Gasteiger partial charge in [0.1, 0.15) is 19.0 Å². The van der Waals surface area contributed by atoms with Crippen molar-refractivity contribution in [1.29, 1.82) is 0 Å². The Bertz CT molecular complexity index is 1580. The fourth-order valence-electron chi connectivity index (χ4n) is 5.51. The molecule has 1 aromatic heterocycles. The highest BCUT2D eigenvalue weighted by molar-refractivity contribution is 6.00. The second-order valence-electron chi connectivity index (χ2n) is 9.78. The molecule has 0 fully saturated rings. The molecule has 0 saturated heterocycles. The van der Waals surface area contributed by atoms with Crippen LogP contribution in [0.1, 0.15) is 41.5 Å². The molecule has 2 aliphatic rings. The lowest BCUT2D eigenvalue weighted by Crippen LogP contribution is -2.33. The summed E-state index contributed by atoms with van der Waals surface area (Å²) >= 11 is 0. The highest BCUT2D eigenvalue weighted by Crippen LogP contribution is 2.46. The number of hydrogen-bond acceptors (Lipinski definition) is 8. The molecule has 2 heterocycles. The fraction of sp³-hybridized carbons (Fsp3) is 0.258. The first-order valence-corrected chi connectivity index (χ1v) is 13.1. The van der Waals surface area contributed by atoms with Gasteiger partial charge in [-0.2, -0.15) is 10.1 Å². The Balaban J connectivity index is 1.36. The molecule has 2 unspecified atom stereocenters. The van der Waals surface area contributed by atoms with Crippen molar-refractivity contribution in [3.63, 3.8) is 0 Å². The van der Waals surface area contributed by atoms with E-state index in [1.165, 1.54) is 6.33 Å². The number of allylic oxidation sites excluding steroid dienone is 2. The van der Waals surface area contributed by atoms with Crippen molar-refractivity contribution in [1.82, 2.24) is 14.8 Å². The number of fused-ring (bicyclic) bond motifs is 1. The standard InChI is InChI=1S/C31H30N4O5/c1-37-25-11-9-20(15-27(25)39-3)22-13-23-29(24(36)14-22)30(35-31(34-23)32-18-33-35)21-10-12-26(38-2)28(16-21)40-17-19-7-5-4-6-8-19/h4-12,15-16,18,22,30H,13-14,17H2,1-3H3,(H,32,33,34). The monoisotopic (exact) mass is 538 g/mol. The number of nitrogens with zero attached hydrogens (tertiary/aromatic N) is 3. The molecule has 4 aromatic rings. The number of carbonyl (C=O) groups is 1. The van der Waals surface area contributed by atoms with Crippen LogP contribution in [0.25, 0.3) is 0 Å². The molecule has 1 aliphatic carbocycles. The molecule has 0 radical (unpaired) electrons. The van der Waals surface area contributed by atoms with Crippen molar-refractivity contribution < 1.29 is 23.7 Å². The van der Waals surface area contributed by atoms with Gasteiger partial charge in [-0.05, 0) is 53.3 Å². The van der Waals surface area contributed by atoms with Gasteiger partial charge < -0.3 is 24.3 Å². The van der Waals surface area contributed by atoms with Gasteiger partial charge in [0.05, 0.1) is 21.3 Å². The number of hydrogen-bond donors (Lipinski definition) is 1. The molecule has 9 nitrogen and oxygen atoms in total. The quantitative estimate of drug-likeness (QED) is 0.323. The van der Waals surface area contributed by atoms with E-state index in [-0.39, 0.29) is 11.7 Å². The lowest BCUT2D eigenvalue weighted by molar-refractivity contribution is -0.116. The minimum atomic E-state index is -0.447. The first-order valence-electron chi connectivity index (χ1n) is 13.1. The molecule has 1 aliphatic heterocycles.